The maximum Gasteiger partial charge on any atom is 0.270 e. The Kier molecular flexibility index (Phi) is 16.2. The molecule has 0 unspecified atom stereocenters. The summed E-state index contributed by atoms with van der Waals surface area (Å²) in [6, 6.07) is 24.1. The minimum Gasteiger partial charge on any atom is -0.496 e. The Balaban J connectivity index is 0.000000344. The zero-order valence-corrected chi connectivity index (χ0v) is 29.8. The van der Waals surface area contributed by atoms with Crippen LogP contribution in [0.1, 0.15) is 49.4 Å². The van der Waals surface area contributed by atoms with Crippen LogP contribution < -0.4 is 21.2 Å². The van der Waals surface area contributed by atoms with Crippen molar-refractivity contribution >= 4 is 22.9 Å². The number of nitrogens with two attached hydrogens (primary N) is 2. The van der Waals surface area contributed by atoms with Gasteiger partial charge >= 0.3 is 0 Å². The Bertz CT molecular complexity index is 2030. The third kappa shape index (κ3) is 11.1. The molecule has 280 valence electrons. The lowest BCUT2D eigenvalue weighted by Gasteiger charge is -2.14. The molecule has 0 atom stereocenters. The van der Waals surface area contributed by atoms with Gasteiger partial charge in [0.1, 0.15) is 23.1 Å². The molecule has 0 saturated carbocycles. The van der Waals surface area contributed by atoms with Crippen molar-refractivity contribution in [1.82, 2.24) is 10.2 Å². The molecule has 5 rings (SSSR count). The zero-order valence-electron chi connectivity index (χ0n) is 29.8. The van der Waals surface area contributed by atoms with Crippen molar-refractivity contribution in [2.45, 2.75) is 48.0 Å². The molecule has 0 radical (unpaired) electrons. The summed E-state index contributed by atoms with van der Waals surface area (Å²) in [6.07, 6.45) is 1.02. The number of rotatable bonds is 12. The van der Waals surface area contributed by atoms with Crippen LogP contribution in [0, 0.1) is 40.0 Å². The summed E-state index contributed by atoms with van der Waals surface area (Å²) in [7, 11) is 3.12. The second-order valence-electron chi connectivity index (χ2n) is 11.8. The fourth-order valence-corrected chi connectivity index (χ4v) is 5.62. The second-order valence-corrected chi connectivity index (χ2v) is 11.8. The molecular formula is C39H46N6O8. The molecule has 0 aliphatic carbocycles. The number of ketones is 2. The molecule has 1 aromatic heterocycles. The van der Waals surface area contributed by atoms with Crippen LogP contribution in [0.3, 0.4) is 0 Å². The summed E-state index contributed by atoms with van der Waals surface area (Å²) in [5, 5.41) is 29.3. The molecule has 14 heteroatoms. The number of carbonyl (C=O) groups is 2. The quantitative estimate of drug-likeness (QED) is 0.0502. The molecule has 0 amide bonds. The van der Waals surface area contributed by atoms with Crippen LogP contribution in [-0.2, 0) is 22.4 Å². The number of nitrogens with one attached hydrogen (secondary N) is 1. The van der Waals surface area contributed by atoms with E-state index in [1.165, 1.54) is 39.2 Å². The molecule has 5 aromatic rings. The molecule has 0 fully saturated rings. The number of hydrogen-bond donors (Lipinski definition) is 3. The van der Waals surface area contributed by atoms with Crippen LogP contribution >= 0.6 is 0 Å². The molecule has 0 bridgehead atoms. The van der Waals surface area contributed by atoms with Gasteiger partial charge < -0.3 is 9.47 Å². The lowest BCUT2D eigenvalue weighted by molar-refractivity contribution is -0.385. The number of aromatic amines is 1. The van der Waals surface area contributed by atoms with Gasteiger partial charge in [0, 0.05) is 53.1 Å². The second kappa shape index (κ2) is 20.0. The minimum absolute atomic E-state index is 0. The van der Waals surface area contributed by atoms with Crippen LogP contribution in [0.2, 0.25) is 0 Å². The maximum absolute atomic E-state index is 11.7. The molecule has 53 heavy (non-hydrogen) atoms. The maximum atomic E-state index is 11.7. The van der Waals surface area contributed by atoms with Gasteiger partial charge in [0.25, 0.3) is 11.4 Å². The largest absolute Gasteiger partial charge is 0.496 e. The number of Topliss-reactive ketones (excluding diaryl/α,β-unsaturated/α-hetero) is 2. The van der Waals surface area contributed by atoms with Crippen LogP contribution in [0.25, 0.3) is 22.3 Å². The average Bonchev–Trinajstić information content (AvgIpc) is 3.46. The smallest absolute Gasteiger partial charge is 0.270 e. The summed E-state index contributed by atoms with van der Waals surface area (Å²) < 4.78 is 10.8. The number of benzene rings is 4. The van der Waals surface area contributed by atoms with Crippen molar-refractivity contribution < 1.29 is 28.9 Å². The van der Waals surface area contributed by atoms with Crippen LogP contribution in [0.4, 0.5) is 11.4 Å². The highest BCUT2D eigenvalue weighted by molar-refractivity contribution is 6.00. The third-order valence-electron chi connectivity index (χ3n) is 8.35. The summed E-state index contributed by atoms with van der Waals surface area (Å²) >= 11 is 0. The van der Waals surface area contributed by atoms with Gasteiger partial charge in [0.15, 0.2) is 0 Å². The molecule has 5 N–H and O–H groups in total. The fourth-order valence-electron chi connectivity index (χ4n) is 5.62. The van der Waals surface area contributed by atoms with E-state index < -0.39 is 15.8 Å². The molecule has 0 spiro atoms. The van der Waals surface area contributed by atoms with Crippen molar-refractivity contribution in [3.63, 3.8) is 0 Å². The Morgan fingerprint density at radius 2 is 1.21 bits per heavy atom. The third-order valence-corrected chi connectivity index (χ3v) is 8.35. The Morgan fingerprint density at radius 1 is 0.755 bits per heavy atom. The lowest BCUT2D eigenvalue weighted by Crippen LogP contribution is -2.21. The van der Waals surface area contributed by atoms with E-state index in [0.29, 0.717) is 22.6 Å². The summed E-state index contributed by atoms with van der Waals surface area (Å²) in [5.41, 5.74) is 8.01. The Labute approximate surface area is 308 Å². The number of non-ortho nitro benzene ring substituents is 2. The van der Waals surface area contributed by atoms with Gasteiger partial charge in [-0.2, -0.15) is 5.10 Å². The van der Waals surface area contributed by atoms with E-state index in [-0.39, 0.29) is 36.8 Å². The molecular weight excluding hydrogens is 680 g/mol. The number of H-pyrrole nitrogens is 1. The van der Waals surface area contributed by atoms with E-state index in [4.69, 9.17) is 9.47 Å². The van der Waals surface area contributed by atoms with Gasteiger partial charge in [-0.15, -0.1) is 0 Å². The molecule has 1 heterocycles. The van der Waals surface area contributed by atoms with E-state index >= 15 is 0 Å². The number of nitrogens with zero attached hydrogens (tertiary/aromatic N) is 3. The van der Waals surface area contributed by atoms with Gasteiger partial charge in [0.2, 0.25) is 0 Å². The van der Waals surface area contributed by atoms with E-state index in [1.807, 2.05) is 38.1 Å². The van der Waals surface area contributed by atoms with Crippen LogP contribution in [-0.4, -0.2) is 45.8 Å². The molecule has 0 aliphatic heterocycles. The number of aryl methyl sites for hydroxylation is 2. The highest BCUT2D eigenvalue weighted by Crippen LogP contribution is 2.35. The predicted octanol–water partition coefficient (Wildman–Crippen LogP) is 7.26. The van der Waals surface area contributed by atoms with Gasteiger partial charge in [-0.3, -0.25) is 46.6 Å². The number of aromatic nitrogens is 2. The van der Waals surface area contributed by atoms with Crippen molar-refractivity contribution in [2.24, 2.45) is 17.6 Å². The molecule has 0 saturated heterocycles. The highest BCUT2D eigenvalue weighted by atomic mass is 16.6. The summed E-state index contributed by atoms with van der Waals surface area (Å²) in [5.74, 6) is 8.20. The molecule has 0 aliphatic rings. The molecule has 14 nitrogen and oxygen atoms in total. The van der Waals surface area contributed by atoms with Crippen molar-refractivity contribution in [3.8, 4) is 33.8 Å². The minimum atomic E-state index is -0.689. The number of ether oxygens (including phenoxy) is 2. The summed E-state index contributed by atoms with van der Waals surface area (Å²) in [6.45, 7) is 6.78. The highest BCUT2D eigenvalue weighted by Gasteiger charge is 2.21. The van der Waals surface area contributed by atoms with E-state index in [0.717, 1.165) is 45.6 Å². The lowest BCUT2D eigenvalue weighted by atomic mass is 9.91. The van der Waals surface area contributed by atoms with E-state index in [9.17, 15) is 29.8 Å². The number of carbonyl (C=O) groups excluding carboxylic acids is 2. The van der Waals surface area contributed by atoms with Crippen molar-refractivity contribution in [3.05, 3.63) is 133 Å². The monoisotopic (exact) mass is 726 g/mol. The molecule has 4 aromatic carbocycles. The Hall–Kier alpha value is -6.25. The van der Waals surface area contributed by atoms with Gasteiger partial charge in [0.05, 0.1) is 35.7 Å². The van der Waals surface area contributed by atoms with E-state index in [1.54, 1.807) is 49.6 Å². The van der Waals surface area contributed by atoms with Gasteiger partial charge in [-0.05, 0) is 80.6 Å². The SMILES string of the molecule is C.COc1ccc(CC(C(C)=O)C(C)=O)cc1-c1cccc([N+](=O)[O-])c1.COc1ccc(Cc2c(C)n[nH]c2C)cc1-c1cccc([N+](=O)[O-])c1.NN. The van der Waals surface area contributed by atoms with Crippen LogP contribution in [0.15, 0.2) is 84.9 Å². The van der Waals surface area contributed by atoms with Gasteiger partial charge in [-0.1, -0.05) is 43.8 Å². The number of methoxy groups -OCH3 is 2. The first-order chi connectivity index (χ1) is 24.8. The topological polar surface area (TPSA) is 220 Å². The standard InChI is InChI=1S/C19H19N3O3.C19H19NO5.CH4.H4N2/c1-12-17(13(2)21-20-12)9-14-7-8-19(25-3)18(10-14)15-5-4-6-16(11-15)22(23)24;1-12(21)17(13(2)22)9-14-7-8-19(25-3)18(10-14)15-5-4-6-16(11-15)20(23)24;;1-2/h4-8,10-11H,9H2,1-3H3,(H,20,21);4-8,10-11,17H,9H2,1-3H3;1H4;1-2H2. The first-order valence-corrected chi connectivity index (χ1v) is 16.0. The van der Waals surface area contributed by atoms with E-state index in [2.05, 4.69) is 21.9 Å². The van der Waals surface area contributed by atoms with Crippen molar-refractivity contribution in [1.29, 1.82) is 0 Å². The normalized spacial score (nSPS) is 10.1. The number of nitro benzene ring substituents is 2. The first kappa shape index (κ1) is 42.9. The first-order valence-electron chi connectivity index (χ1n) is 16.0. The number of hydrogen-bond acceptors (Lipinski definition) is 11. The van der Waals surface area contributed by atoms with Gasteiger partial charge in [-0.25, -0.2) is 0 Å². The fraction of sp³-hybridized carbons (Fsp3) is 0.256. The van der Waals surface area contributed by atoms with Crippen molar-refractivity contribution in [2.75, 3.05) is 14.2 Å². The average molecular weight is 727 g/mol. The predicted molar refractivity (Wildman–Crippen MR) is 205 cm³/mol. The Morgan fingerprint density at radius 3 is 1.60 bits per heavy atom. The van der Waals surface area contributed by atoms with Crippen LogP contribution in [0.5, 0.6) is 11.5 Å². The zero-order chi connectivity index (χ0) is 38.5. The number of nitro groups is 2. The summed E-state index contributed by atoms with van der Waals surface area (Å²) in [4.78, 5) is 44.5. The number of hydrazine groups is 1.